The second-order valence-corrected chi connectivity index (χ2v) is 9.14. The lowest BCUT2D eigenvalue weighted by Crippen LogP contribution is -2.51. The van der Waals surface area contributed by atoms with E-state index in [4.69, 9.17) is 23.7 Å². The van der Waals surface area contributed by atoms with Gasteiger partial charge in [0, 0.05) is 28.8 Å². The van der Waals surface area contributed by atoms with Gasteiger partial charge < -0.3 is 33.7 Å². The van der Waals surface area contributed by atoms with Gasteiger partial charge in [0.15, 0.2) is 6.17 Å². The van der Waals surface area contributed by atoms with Gasteiger partial charge in [0.25, 0.3) is 6.02 Å². The van der Waals surface area contributed by atoms with Crippen LogP contribution in [0.4, 0.5) is 8.78 Å². The topological polar surface area (TPSA) is 82.0 Å². The molecule has 4 rings (SSSR count). The average molecular weight is 543 g/mol. The molecule has 0 amide bonds. The van der Waals surface area contributed by atoms with Gasteiger partial charge in [-0.05, 0) is 37.3 Å². The summed E-state index contributed by atoms with van der Waals surface area (Å²) in [6.45, 7) is 1.79. The van der Waals surface area contributed by atoms with Crippen molar-refractivity contribution in [3.63, 3.8) is 0 Å². The van der Waals surface area contributed by atoms with E-state index in [9.17, 15) is 9.50 Å². The molecule has 1 aliphatic heterocycles. The van der Waals surface area contributed by atoms with E-state index in [1.54, 1.807) is 49.5 Å². The van der Waals surface area contributed by atoms with Crippen molar-refractivity contribution in [3.8, 4) is 23.0 Å². The van der Waals surface area contributed by atoms with Crippen molar-refractivity contribution in [2.24, 2.45) is 4.99 Å². The summed E-state index contributed by atoms with van der Waals surface area (Å²) in [7, 11) is 6.19. The number of ether oxygens (including phenoxy) is 5. The first-order valence-electron chi connectivity index (χ1n) is 12.2. The van der Waals surface area contributed by atoms with Crippen LogP contribution < -0.4 is 18.9 Å². The standard InChI is InChI=1S/C29H32F2N2O6/c1-29(22-8-6-7-9-23(22)30)26(31)27(34)39-28(32-29)33(16-18-10-12-20(35-2)14-24(18)37-4)17-19-11-13-21(36-3)15-25(19)38-5/h6-15,26-27,34H,16-17H2,1-5H3/t26-,27-,29+/m0/s1. The molecule has 1 N–H and O–H groups in total. The van der Waals surface area contributed by atoms with Gasteiger partial charge in [-0.15, -0.1) is 0 Å². The molecule has 39 heavy (non-hydrogen) atoms. The molecule has 10 heteroatoms. The molecule has 3 aromatic carbocycles. The van der Waals surface area contributed by atoms with Crippen LogP contribution in [0.25, 0.3) is 0 Å². The third-order valence-corrected chi connectivity index (χ3v) is 6.74. The summed E-state index contributed by atoms with van der Waals surface area (Å²) in [5.74, 6) is 1.65. The molecule has 0 bridgehead atoms. The molecule has 0 saturated heterocycles. The molecule has 0 aliphatic carbocycles. The Morgan fingerprint density at radius 3 is 1.90 bits per heavy atom. The lowest BCUT2D eigenvalue weighted by molar-refractivity contribution is -0.127. The summed E-state index contributed by atoms with van der Waals surface area (Å²) in [4.78, 5) is 6.26. The fourth-order valence-electron chi connectivity index (χ4n) is 4.53. The Balaban J connectivity index is 1.83. The van der Waals surface area contributed by atoms with E-state index in [1.165, 1.54) is 39.3 Å². The van der Waals surface area contributed by atoms with E-state index in [2.05, 4.69) is 4.99 Å². The molecule has 0 aromatic heterocycles. The van der Waals surface area contributed by atoms with Crippen LogP contribution in [-0.4, -0.2) is 56.9 Å². The summed E-state index contributed by atoms with van der Waals surface area (Å²) in [5, 5.41) is 10.6. The van der Waals surface area contributed by atoms with Gasteiger partial charge in [-0.25, -0.2) is 13.8 Å². The van der Waals surface area contributed by atoms with Crippen molar-refractivity contribution < 1.29 is 37.6 Å². The maximum absolute atomic E-state index is 15.5. The number of hydrogen-bond acceptors (Lipinski definition) is 8. The molecular weight excluding hydrogens is 510 g/mol. The normalized spacial score (nSPS) is 20.5. The van der Waals surface area contributed by atoms with E-state index >= 15 is 4.39 Å². The van der Waals surface area contributed by atoms with Crippen molar-refractivity contribution in [1.82, 2.24) is 4.90 Å². The summed E-state index contributed by atoms with van der Waals surface area (Å²) >= 11 is 0. The zero-order valence-corrected chi connectivity index (χ0v) is 22.5. The largest absolute Gasteiger partial charge is 0.497 e. The molecule has 0 spiro atoms. The molecule has 1 aliphatic rings. The minimum absolute atomic E-state index is 0.00126. The highest BCUT2D eigenvalue weighted by Gasteiger charge is 2.48. The quantitative estimate of drug-likeness (QED) is 0.415. The second-order valence-electron chi connectivity index (χ2n) is 9.14. The summed E-state index contributed by atoms with van der Waals surface area (Å²) in [5.41, 5.74) is -0.283. The van der Waals surface area contributed by atoms with Crippen LogP contribution in [0.1, 0.15) is 23.6 Å². The molecule has 0 saturated carbocycles. The van der Waals surface area contributed by atoms with Gasteiger partial charge in [0.2, 0.25) is 6.29 Å². The number of nitrogens with zero attached hydrogens (tertiary/aromatic N) is 2. The molecular formula is C29H32F2N2O6. The number of amidine groups is 1. The van der Waals surface area contributed by atoms with Crippen LogP contribution in [0.5, 0.6) is 23.0 Å². The van der Waals surface area contributed by atoms with Gasteiger partial charge in [0.05, 0.1) is 41.5 Å². The van der Waals surface area contributed by atoms with Crippen LogP contribution in [0, 0.1) is 5.82 Å². The number of aliphatic hydroxyl groups is 1. The Morgan fingerprint density at radius 1 is 0.872 bits per heavy atom. The first-order valence-corrected chi connectivity index (χ1v) is 12.2. The Bertz CT molecular complexity index is 1280. The van der Waals surface area contributed by atoms with Crippen LogP contribution in [-0.2, 0) is 23.4 Å². The monoisotopic (exact) mass is 542 g/mol. The highest BCUT2D eigenvalue weighted by molar-refractivity contribution is 5.76. The van der Waals surface area contributed by atoms with E-state index in [-0.39, 0.29) is 24.7 Å². The first kappa shape index (κ1) is 28.0. The van der Waals surface area contributed by atoms with Crippen LogP contribution in [0.2, 0.25) is 0 Å². The minimum atomic E-state index is -2.02. The van der Waals surface area contributed by atoms with E-state index in [1.807, 2.05) is 12.1 Å². The van der Waals surface area contributed by atoms with Gasteiger partial charge >= 0.3 is 0 Å². The zero-order valence-electron chi connectivity index (χ0n) is 22.5. The molecule has 1 heterocycles. The van der Waals surface area contributed by atoms with Crippen LogP contribution >= 0.6 is 0 Å². The second kappa shape index (κ2) is 11.8. The van der Waals surface area contributed by atoms with Gasteiger partial charge in [0.1, 0.15) is 34.4 Å². The van der Waals surface area contributed by atoms with Gasteiger partial charge in [-0.1, -0.05) is 18.2 Å². The maximum Gasteiger partial charge on any atom is 0.291 e. The van der Waals surface area contributed by atoms with Crippen LogP contribution in [0.15, 0.2) is 65.7 Å². The summed E-state index contributed by atoms with van der Waals surface area (Å²) in [6.07, 6.45) is -3.91. The molecule has 208 valence electrons. The number of aliphatic hydroxyl groups excluding tert-OH is 1. The Hall–Kier alpha value is -4.05. The highest BCUT2D eigenvalue weighted by atomic mass is 19.1. The molecule has 0 unspecified atom stereocenters. The van der Waals surface area contributed by atoms with E-state index in [0.29, 0.717) is 23.0 Å². The lowest BCUT2D eigenvalue weighted by atomic mass is 9.86. The fraction of sp³-hybridized carbons (Fsp3) is 0.345. The zero-order chi connectivity index (χ0) is 28.2. The van der Waals surface area contributed by atoms with Crippen molar-refractivity contribution >= 4 is 6.02 Å². The molecule has 0 fully saturated rings. The number of hydrogen-bond donors (Lipinski definition) is 1. The van der Waals surface area contributed by atoms with E-state index < -0.39 is 23.8 Å². The SMILES string of the molecule is COc1ccc(CN(Cc2ccc(OC)cc2OC)C2=N[C@](C)(c3ccccc3F)[C@@H](F)[C@@H](O)O2)c(OC)c1. The summed E-state index contributed by atoms with van der Waals surface area (Å²) < 4.78 is 57.7. The smallest absolute Gasteiger partial charge is 0.291 e. The van der Waals surface area contributed by atoms with Crippen molar-refractivity contribution in [3.05, 3.63) is 83.2 Å². The Labute approximate surface area is 226 Å². The molecule has 3 atom stereocenters. The minimum Gasteiger partial charge on any atom is -0.497 e. The van der Waals surface area contributed by atoms with Crippen molar-refractivity contribution in [2.75, 3.05) is 28.4 Å². The molecule has 0 radical (unpaired) electrons. The van der Waals surface area contributed by atoms with Crippen molar-refractivity contribution in [1.29, 1.82) is 0 Å². The predicted molar refractivity (Wildman–Crippen MR) is 142 cm³/mol. The number of methoxy groups -OCH3 is 4. The third-order valence-electron chi connectivity index (χ3n) is 6.74. The Morgan fingerprint density at radius 2 is 1.41 bits per heavy atom. The fourth-order valence-corrected chi connectivity index (χ4v) is 4.53. The summed E-state index contributed by atoms with van der Waals surface area (Å²) in [6, 6.07) is 16.4. The van der Waals surface area contributed by atoms with Gasteiger partial charge in [-0.3, -0.25) is 0 Å². The lowest BCUT2D eigenvalue weighted by Gasteiger charge is -2.40. The molecule has 3 aromatic rings. The Kier molecular flexibility index (Phi) is 8.44. The number of halogens is 2. The third kappa shape index (κ3) is 5.70. The maximum atomic E-state index is 15.5. The van der Waals surface area contributed by atoms with Crippen molar-refractivity contribution in [2.45, 2.75) is 38.0 Å². The number of benzene rings is 3. The van der Waals surface area contributed by atoms with Gasteiger partial charge in [-0.2, -0.15) is 0 Å². The number of rotatable bonds is 9. The number of alkyl halides is 1. The van der Waals surface area contributed by atoms with E-state index in [0.717, 1.165) is 11.1 Å². The first-order chi connectivity index (χ1) is 18.7. The highest BCUT2D eigenvalue weighted by Crippen LogP contribution is 2.39. The molecule has 8 nitrogen and oxygen atoms in total. The predicted octanol–water partition coefficient (Wildman–Crippen LogP) is 4.82. The average Bonchev–Trinajstić information content (AvgIpc) is 2.95. The van der Waals surface area contributed by atoms with Crippen LogP contribution in [0.3, 0.4) is 0 Å². The number of aliphatic imine (C=N–C) groups is 1.